The lowest BCUT2D eigenvalue weighted by Gasteiger charge is -2.14. The molecule has 3 rings (SSSR count). The second-order valence-corrected chi connectivity index (χ2v) is 10.8. The van der Waals surface area contributed by atoms with E-state index in [-0.39, 0.29) is 31.4 Å². The van der Waals surface area contributed by atoms with Crippen LogP contribution in [0.2, 0.25) is 10.0 Å². The largest absolute Gasteiger partial charge is 0.463 e. The molecule has 2 aromatic heterocycles. The predicted octanol–water partition coefficient (Wildman–Crippen LogP) is 4.04. The molecule has 0 atom stereocenters. The average molecular weight is 511 g/mol. The number of furan rings is 1. The van der Waals surface area contributed by atoms with Crippen molar-refractivity contribution in [1.29, 1.82) is 0 Å². The van der Waals surface area contributed by atoms with E-state index in [0.29, 0.717) is 0 Å². The molecule has 0 aliphatic rings. The molecule has 2 N–H and O–H groups in total. The van der Waals surface area contributed by atoms with Gasteiger partial charge in [0.25, 0.3) is 20.0 Å². The van der Waals surface area contributed by atoms with Crippen LogP contribution in [0, 0.1) is 0 Å². The molecule has 3 aromatic rings. The Kier molecular flexibility index (Phi) is 6.34. The molecule has 0 saturated carbocycles. The van der Waals surface area contributed by atoms with Gasteiger partial charge in [-0.15, -0.1) is 11.3 Å². The second kappa shape index (κ2) is 8.47. The van der Waals surface area contributed by atoms with Gasteiger partial charge in [0.15, 0.2) is 0 Å². The maximum absolute atomic E-state index is 12.7. The van der Waals surface area contributed by atoms with Crippen LogP contribution in [-0.4, -0.2) is 29.9 Å². The monoisotopic (exact) mass is 510 g/mol. The Labute approximate surface area is 185 Å². The maximum atomic E-state index is 12.7. The Morgan fingerprint density at radius 1 is 1.00 bits per heavy atom. The van der Waals surface area contributed by atoms with E-state index in [1.54, 1.807) is 11.4 Å². The predicted molar refractivity (Wildman–Crippen MR) is 112 cm³/mol. The summed E-state index contributed by atoms with van der Waals surface area (Å²) in [6, 6.07) is 7.39. The van der Waals surface area contributed by atoms with E-state index in [0.717, 1.165) is 42.7 Å². The molecule has 9 nitrogen and oxygen atoms in total. The van der Waals surface area contributed by atoms with Crippen LogP contribution in [0.4, 0.5) is 11.4 Å². The van der Waals surface area contributed by atoms with Crippen molar-refractivity contribution in [2.45, 2.75) is 9.30 Å². The number of hydrogen-bond donors (Lipinski definition) is 2. The Balaban J connectivity index is 1.98. The number of methoxy groups -OCH3 is 1. The van der Waals surface area contributed by atoms with Gasteiger partial charge in [0.05, 0.1) is 28.5 Å². The van der Waals surface area contributed by atoms with E-state index in [9.17, 15) is 21.6 Å². The average Bonchev–Trinajstić information content (AvgIpc) is 3.37. The molecule has 30 heavy (non-hydrogen) atoms. The van der Waals surface area contributed by atoms with Crippen molar-refractivity contribution in [2.75, 3.05) is 16.6 Å². The molecule has 0 radical (unpaired) electrons. The van der Waals surface area contributed by atoms with Crippen molar-refractivity contribution in [1.82, 2.24) is 0 Å². The number of carbonyl (C=O) groups excluding carboxylic acids is 1. The number of nitrogens with one attached hydrogen (secondary N) is 2. The highest BCUT2D eigenvalue weighted by Crippen LogP contribution is 2.35. The number of halogens is 2. The molecule has 0 aliphatic heterocycles. The summed E-state index contributed by atoms with van der Waals surface area (Å²) in [6.45, 7) is 0. The van der Waals surface area contributed by atoms with Crippen LogP contribution in [0.25, 0.3) is 0 Å². The third-order valence-corrected chi connectivity index (χ3v) is 8.26. The number of rotatable bonds is 7. The van der Waals surface area contributed by atoms with Gasteiger partial charge in [0.2, 0.25) is 10.9 Å². The van der Waals surface area contributed by atoms with E-state index in [1.807, 2.05) is 0 Å². The SMILES string of the molecule is COC(=O)c1ccc(S(=O)(=O)Nc2cc(Cl)c(Cl)cc2NS(=O)(=O)c2cccs2)o1. The Hall–Kier alpha value is -2.25. The second-order valence-electron chi connectivity index (χ2n) is 5.57. The highest BCUT2D eigenvalue weighted by atomic mass is 35.5. The van der Waals surface area contributed by atoms with Crippen molar-refractivity contribution < 1.29 is 30.8 Å². The molecule has 14 heteroatoms. The summed E-state index contributed by atoms with van der Waals surface area (Å²) in [6.07, 6.45) is 0. The van der Waals surface area contributed by atoms with Crippen molar-refractivity contribution in [2.24, 2.45) is 0 Å². The highest BCUT2D eigenvalue weighted by Gasteiger charge is 2.25. The lowest BCUT2D eigenvalue weighted by atomic mass is 10.3. The first-order chi connectivity index (χ1) is 14.0. The zero-order chi connectivity index (χ0) is 22.1. The fraction of sp³-hybridized carbons (Fsp3) is 0.0625. The third-order valence-electron chi connectivity index (χ3n) is 3.54. The normalized spacial score (nSPS) is 11.8. The fourth-order valence-electron chi connectivity index (χ4n) is 2.20. The number of hydrogen-bond acceptors (Lipinski definition) is 8. The summed E-state index contributed by atoms with van der Waals surface area (Å²) >= 11 is 12.9. The molecular weight excluding hydrogens is 499 g/mol. The number of sulfonamides is 2. The maximum Gasteiger partial charge on any atom is 0.374 e. The topological polar surface area (TPSA) is 132 Å². The molecule has 0 bridgehead atoms. The van der Waals surface area contributed by atoms with Gasteiger partial charge in [0, 0.05) is 0 Å². The van der Waals surface area contributed by atoms with Gasteiger partial charge < -0.3 is 9.15 Å². The summed E-state index contributed by atoms with van der Waals surface area (Å²) < 4.78 is 64.3. The standard InChI is InChI=1S/C16H12Cl2N2O7S3/c1-26-16(21)13-4-5-14(27-13)29(22,23)19-11-7-9(17)10(18)8-12(11)20-30(24,25)15-3-2-6-28-15/h2-8,19-20H,1H3. The molecule has 0 unspecified atom stereocenters. The molecule has 0 fully saturated rings. The van der Waals surface area contributed by atoms with Gasteiger partial charge in [-0.1, -0.05) is 29.3 Å². The Morgan fingerprint density at radius 2 is 1.60 bits per heavy atom. The van der Waals surface area contributed by atoms with Crippen molar-refractivity contribution >= 4 is 71.9 Å². The summed E-state index contributed by atoms with van der Waals surface area (Å²) in [5.41, 5.74) is -0.373. The number of esters is 1. The number of ether oxygens (including phenoxy) is 1. The highest BCUT2D eigenvalue weighted by molar-refractivity contribution is 7.94. The first kappa shape index (κ1) is 22.4. The lowest BCUT2D eigenvalue weighted by Crippen LogP contribution is -2.17. The van der Waals surface area contributed by atoms with Gasteiger partial charge in [-0.2, -0.15) is 8.42 Å². The molecule has 0 aliphatic carbocycles. The van der Waals surface area contributed by atoms with Gasteiger partial charge in [-0.3, -0.25) is 9.44 Å². The molecule has 1 aromatic carbocycles. The number of thiophene rings is 1. The van der Waals surface area contributed by atoms with Gasteiger partial charge >= 0.3 is 5.97 Å². The van der Waals surface area contributed by atoms with Crippen LogP contribution < -0.4 is 9.44 Å². The van der Waals surface area contributed by atoms with E-state index >= 15 is 0 Å². The number of anilines is 2. The van der Waals surface area contributed by atoms with E-state index < -0.39 is 31.1 Å². The zero-order valence-corrected chi connectivity index (χ0v) is 18.8. The summed E-state index contributed by atoms with van der Waals surface area (Å²) in [5.74, 6) is -1.19. The van der Waals surface area contributed by atoms with Crippen LogP contribution in [0.5, 0.6) is 0 Å². The van der Waals surface area contributed by atoms with Crippen LogP contribution in [-0.2, 0) is 24.8 Å². The molecular formula is C16H12Cl2N2O7S3. The smallest absolute Gasteiger partial charge is 0.374 e. The molecule has 2 heterocycles. The fourth-order valence-corrected chi connectivity index (χ4v) is 5.59. The first-order valence-corrected chi connectivity index (χ1v) is 12.4. The molecule has 160 valence electrons. The van der Waals surface area contributed by atoms with Crippen molar-refractivity contribution in [3.63, 3.8) is 0 Å². The minimum atomic E-state index is -4.35. The van der Waals surface area contributed by atoms with E-state index in [1.165, 1.54) is 6.07 Å². The van der Waals surface area contributed by atoms with Crippen LogP contribution >= 0.6 is 34.5 Å². The number of carbonyl (C=O) groups is 1. The Bertz CT molecular complexity index is 1300. The summed E-state index contributed by atoms with van der Waals surface area (Å²) in [7, 11) is -7.25. The van der Waals surface area contributed by atoms with E-state index in [4.69, 9.17) is 27.6 Å². The molecule has 0 saturated heterocycles. The third kappa shape index (κ3) is 4.73. The molecule has 0 amide bonds. The van der Waals surface area contributed by atoms with E-state index in [2.05, 4.69) is 14.2 Å². The Morgan fingerprint density at radius 3 is 2.13 bits per heavy atom. The van der Waals surface area contributed by atoms with Crippen molar-refractivity contribution in [3.8, 4) is 0 Å². The zero-order valence-electron chi connectivity index (χ0n) is 14.9. The van der Waals surface area contributed by atoms with Crippen LogP contribution in [0.15, 0.2) is 55.5 Å². The van der Waals surface area contributed by atoms with Gasteiger partial charge in [-0.05, 0) is 35.7 Å². The minimum absolute atomic E-state index is 0.00512. The lowest BCUT2D eigenvalue weighted by molar-refractivity contribution is 0.0559. The van der Waals surface area contributed by atoms with Gasteiger partial charge in [-0.25, -0.2) is 13.2 Å². The first-order valence-electron chi connectivity index (χ1n) is 7.80. The van der Waals surface area contributed by atoms with Crippen LogP contribution in [0.3, 0.4) is 0 Å². The van der Waals surface area contributed by atoms with Crippen LogP contribution in [0.1, 0.15) is 10.6 Å². The quantitative estimate of drug-likeness (QED) is 0.458. The molecule has 0 spiro atoms. The van der Waals surface area contributed by atoms with Crippen molar-refractivity contribution in [3.05, 3.63) is 57.6 Å². The summed E-state index contributed by atoms with van der Waals surface area (Å²) in [5, 5.41) is 0.946. The minimum Gasteiger partial charge on any atom is -0.463 e. The number of benzene rings is 1. The van der Waals surface area contributed by atoms with Gasteiger partial charge in [0.1, 0.15) is 4.21 Å². The summed E-state index contributed by atoms with van der Waals surface area (Å²) in [4.78, 5) is 11.5.